The number of anilines is 1. The van der Waals surface area contributed by atoms with Gasteiger partial charge in [-0.3, -0.25) is 4.79 Å². The van der Waals surface area contributed by atoms with E-state index in [1.807, 2.05) is 24.3 Å². The standard InChI is InChI=1S/C18H22N4O3.HI/c19-18(21-12-15-6-2-8-24-15)20-11-13-4-1-5-14(10-13)22-17(23)16-7-3-9-25-16;/h1,3-5,7,9-10,15H,2,6,8,11-12H2,(H,22,23)(H3,19,20,21);1H. The number of benzene rings is 1. The fourth-order valence-electron chi connectivity index (χ4n) is 2.60. The van der Waals surface area contributed by atoms with Crippen molar-refractivity contribution < 1.29 is 13.9 Å². The lowest BCUT2D eigenvalue weighted by Gasteiger charge is -2.11. The number of nitrogens with one attached hydrogen (secondary N) is 2. The second-order valence-electron chi connectivity index (χ2n) is 5.85. The van der Waals surface area contributed by atoms with Crippen LogP contribution < -0.4 is 16.4 Å². The molecule has 1 saturated heterocycles. The Morgan fingerprint density at radius 1 is 1.31 bits per heavy atom. The lowest BCUT2D eigenvalue weighted by Crippen LogP contribution is -2.37. The number of furan rings is 1. The largest absolute Gasteiger partial charge is 0.459 e. The second-order valence-corrected chi connectivity index (χ2v) is 5.85. The highest BCUT2D eigenvalue weighted by molar-refractivity contribution is 14.0. The number of hydrogen-bond donors (Lipinski definition) is 3. The molecule has 3 rings (SSSR count). The summed E-state index contributed by atoms with van der Waals surface area (Å²) >= 11 is 0. The molecule has 0 aliphatic carbocycles. The normalized spacial score (nSPS) is 16.8. The summed E-state index contributed by atoms with van der Waals surface area (Å²) in [5.74, 6) is 0.370. The van der Waals surface area contributed by atoms with Gasteiger partial charge in [0.15, 0.2) is 11.7 Å². The minimum Gasteiger partial charge on any atom is -0.459 e. The molecule has 1 fully saturated rings. The Morgan fingerprint density at radius 2 is 2.19 bits per heavy atom. The third-order valence-corrected chi connectivity index (χ3v) is 3.90. The second kappa shape index (κ2) is 10.2. The number of ether oxygens (including phenoxy) is 1. The van der Waals surface area contributed by atoms with Gasteiger partial charge in [-0.1, -0.05) is 12.1 Å². The van der Waals surface area contributed by atoms with Crippen molar-refractivity contribution in [2.75, 3.05) is 18.5 Å². The van der Waals surface area contributed by atoms with Crippen molar-refractivity contribution in [1.82, 2.24) is 5.32 Å². The molecule has 1 aliphatic rings. The summed E-state index contributed by atoms with van der Waals surface area (Å²) in [6.45, 7) is 1.92. The molecule has 1 unspecified atom stereocenters. The predicted octanol–water partition coefficient (Wildman–Crippen LogP) is 2.73. The smallest absolute Gasteiger partial charge is 0.291 e. The number of halogens is 1. The first-order valence-corrected chi connectivity index (χ1v) is 8.30. The third-order valence-electron chi connectivity index (χ3n) is 3.90. The molecule has 0 saturated carbocycles. The molecular weight excluding hydrogens is 447 g/mol. The highest BCUT2D eigenvalue weighted by atomic mass is 127. The molecule has 0 spiro atoms. The fraction of sp³-hybridized carbons (Fsp3) is 0.333. The van der Waals surface area contributed by atoms with Crippen LogP contribution in [-0.2, 0) is 11.3 Å². The Labute approximate surface area is 169 Å². The molecule has 2 aromatic rings. The van der Waals surface area contributed by atoms with Crippen molar-refractivity contribution in [2.45, 2.75) is 25.5 Å². The van der Waals surface area contributed by atoms with E-state index in [0.717, 1.165) is 25.0 Å². The Hall–Kier alpha value is -2.07. The van der Waals surface area contributed by atoms with Crippen molar-refractivity contribution in [3.05, 3.63) is 54.0 Å². The number of carbonyl (C=O) groups is 1. The van der Waals surface area contributed by atoms with Crippen LogP contribution in [0.4, 0.5) is 5.69 Å². The minimum absolute atomic E-state index is 0. The first-order valence-electron chi connectivity index (χ1n) is 8.30. The molecule has 26 heavy (non-hydrogen) atoms. The molecule has 0 radical (unpaired) electrons. The van der Waals surface area contributed by atoms with Gasteiger partial charge in [0.25, 0.3) is 5.91 Å². The summed E-state index contributed by atoms with van der Waals surface area (Å²) in [5.41, 5.74) is 7.51. The number of hydrogen-bond acceptors (Lipinski definition) is 4. The Bertz CT molecular complexity index is 728. The number of amides is 1. The lowest BCUT2D eigenvalue weighted by atomic mass is 10.2. The van der Waals surface area contributed by atoms with Gasteiger partial charge in [-0.15, -0.1) is 24.0 Å². The van der Waals surface area contributed by atoms with Crippen LogP contribution in [0.3, 0.4) is 0 Å². The van der Waals surface area contributed by atoms with Gasteiger partial charge < -0.3 is 25.5 Å². The van der Waals surface area contributed by atoms with Gasteiger partial charge in [-0.2, -0.15) is 0 Å². The van der Waals surface area contributed by atoms with E-state index < -0.39 is 0 Å². The predicted molar refractivity (Wildman–Crippen MR) is 111 cm³/mol. The zero-order valence-corrected chi connectivity index (χ0v) is 16.6. The van der Waals surface area contributed by atoms with Crippen LogP contribution in [0.25, 0.3) is 0 Å². The summed E-state index contributed by atoms with van der Waals surface area (Å²) < 4.78 is 10.6. The third kappa shape index (κ3) is 6.03. The average Bonchev–Trinajstić information content (AvgIpc) is 3.32. The number of carbonyl (C=O) groups excluding carboxylic acids is 1. The highest BCUT2D eigenvalue weighted by Gasteiger charge is 2.14. The first kappa shape index (κ1) is 20.2. The topological polar surface area (TPSA) is 102 Å². The van der Waals surface area contributed by atoms with Gasteiger partial charge in [0.05, 0.1) is 18.9 Å². The van der Waals surface area contributed by atoms with E-state index in [4.69, 9.17) is 14.9 Å². The minimum atomic E-state index is -0.289. The van der Waals surface area contributed by atoms with E-state index in [-0.39, 0.29) is 41.7 Å². The summed E-state index contributed by atoms with van der Waals surface area (Å²) in [6.07, 6.45) is 3.83. The van der Waals surface area contributed by atoms with Gasteiger partial charge in [0.1, 0.15) is 0 Å². The van der Waals surface area contributed by atoms with Gasteiger partial charge >= 0.3 is 0 Å². The highest BCUT2D eigenvalue weighted by Crippen LogP contribution is 2.14. The molecule has 8 heteroatoms. The number of aliphatic imine (C=N–C) groups is 1. The summed E-state index contributed by atoms with van der Waals surface area (Å²) in [6, 6.07) is 10.7. The molecule has 4 N–H and O–H groups in total. The van der Waals surface area contributed by atoms with Gasteiger partial charge in [0.2, 0.25) is 0 Å². The van der Waals surface area contributed by atoms with Crippen molar-refractivity contribution in [2.24, 2.45) is 10.7 Å². The number of nitrogens with two attached hydrogens (primary N) is 1. The molecule has 7 nitrogen and oxygen atoms in total. The number of rotatable bonds is 6. The average molecular weight is 470 g/mol. The van der Waals surface area contributed by atoms with Crippen LogP contribution in [0, 0.1) is 0 Å². The van der Waals surface area contributed by atoms with Crippen LogP contribution in [-0.4, -0.2) is 31.1 Å². The maximum Gasteiger partial charge on any atom is 0.291 e. The Morgan fingerprint density at radius 3 is 2.92 bits per heavy atom. The molecule has 0 bridgehead atoms. The SMILES string of the molecule is I.NC(=NCc1cccc(NC(=O)c2ccco2)c1)NCC1CCCO1. The van der Waals surface area contributed by atoms with E-state index >= 15 is 0 Å². The van der Waals surface area contributed by atoms with Crippen molar-refractivity contribution in [1.29, 1.82) is 0 Å². The van der Waals surface area contributed by atoms with Crippen molar-refractivity contribution in [3.8, 4) is 0 Å². The molecular formula is C18H23IN4O3. The molecule has 1 atom stereocenters. The molecule has 1 aliphatic heterocycles. The maximum atomic E-state index is 12.0. The van der Waals surface area contributed by atoms with Crippen molar-refractivity contribution in [3.63, 3.8) is 0 Å². The summed E-state index contributed by atoms with van der Waals surface area (Å²) in [7, 11) is 0. The molecule has 2 heterocycles. The maximum absolute atomic E-state index is 12.0. The van der Waals surface area contributed by atoms with Crippen LogP contribution in [0.15, 0.2) is 52.1 Å². The van der Waals surface area contributed by atoms with Crippen LogP contribution >= 0.6 is 24.0 Å². The Kier molecular flexibility index (Phi) is 7.92. The van der Waals surface area contributed by atoms with E-state index in [0.29, 0.717) is 24.7 Å². The lowest BCUT2D eigenvalue weighted by molar-refractivity contribution is 0.0996. The summed E-state index contributed by atoms with van der Waals surface area (Å²) in [4.78, 5) is 16.3. The molecule has 1 aromatic heterocycles. The van der Waals surface area contributed by atoms with E-state index in [1.54, 1.807) is 12.1 Å². The van der Waals surface area contributed by atoms with E-state index in [2.05, 4.69) is 15.6 Å². The quantitative estimate of drug-likeness (QED) is 0.343. The van der Waals surface area contributed by atoms with E-state index in [9.17, 15) is 4.79 Å². The first-order chi connectivity index (χ1) is 12.2. The zero-order chi connectivity index (χ0) is 17.5. The Balaban J connectivity index is 0.00000243. The monoisotopic (exact) mass is 470 g/mol. The van der Waals surface area contributed by atoms with Crippen LogP contribution in [0.2, 0.25) is 0 Å². The number of guanidine groups is 1. The number of nitrogens with zero attached hydrogens (tertiary/aromatic N) is 1. The van der Waals surface area contributed by atoms with Gasteiger partial charge in [-0.25, -0.2) is 4.99 Å². The van der Waals surface area contributed by atoms with Crippen molar-refractivity contribution >= 4 is 41.5 Å². The zero-order valence-electron chi connectivity index (χ0n) is 14.3. The summed E-state index contributed by atoms with van der Waals surface area (Å²) in [5, 5.41) is 5.87. The molecule has 1 aromatic carbocycles. The molecule has 1 amide bonds. The molecule has 140 valence electrons. The van der Waals surface area contributed by atoms with Gasteiger partial charge in [0, 0.05) is 18.8 Å². The van der Waals surface area contributed by atoms with Crippen LogP contribution in [0.5, 0.6) is 0 Å². The van der Waals surface area contributed by atoms with Crippen LogP contribution in [0.1, 0.15) is 29.0 Å². The van der Waals surface area contributed by atoms with E-state index in [1.165, 1.54) is 6.26 Å². The van der Waals surface area contributed by atoms with Gasteiger partial charge in [-0.05, 0) is 42.7 Å². The fourth-order valence-corrected chi connectivity index (χ4v) is 2.60.